The summed E-state index contributed by atoms with van der Waals surface area (Å²) >= 11 is 0. The Kier molecular flexibility index (Phi) is 4.58. The van der Waals surface area contributed by atoms with E-state index in [0.29, 0.717) is 5.41 Å². The molecule has 0 amide bonds. The predicted octanol–water partition coefficient (Wildman–Crippen LogP) is 4.96. The molecule has 0 aliphatic rings. The van der Waals surface area contributed by atoms with Crippen LogP contribution in [0.2, 0.25) is 0 Å². The lowest BCUT2D eigenvalue weighted by Gasteiger charge is -2.23. The molecule has 0 spiro atoms. The summed E-state index contributed by atoms with van der Waals surface area (Å²) in [5, 5.41) is 0. The van der Waals surface area contributed by atoms with Gasteiger partial charge in [0.15, 0.2) is 0 Å². The summed E-state index contributed by atoms with van der Waals surface area (Å²) in [5.74, 6) is 0.796. The van der Waals surface area contributed by atoms with Crippen LogP contribution in [0.4, 0.5) is 0 Å². The summed E-state index contributed by atoms with van der Waals surface area (Å²) in [7, 11) is 0. The molecule has 0 aliphatic heterocycles. The molecular formula is C16H26. The highest BCUT2D eigenvalue weighted by Crippen LogP contribution is 2.27. The zero-order valence-electron chi connectivity index (χ0n) is 11.5. The summed E-state index contributed by atoms with van der Waals surface area (Å²) in [6, 6.07) is 9.22. The standard InChI is InChI=1S/C16H26/c1-6-13(3)12-14-8-10-15(11-9-14)16(4,5)7-2/h8-11,13H,6-7,12H2,1-5H3. The third-order valence-corrected chi connectivity index (χ3v) is 3.90. The van der Waals surface area contributed by atoms with Crippen molar-refractivity contribution >= 4 is 0 Å². The molecular weight excluding hydrogens is 192 g/mol. The van der Waals surface area contributed by atoms with Gasteiger partial charge in [-0.1, -0.05) is 65.3 Å². The average Bonchev–Trinajstić information content (AvgIpc) is 2.29. The van der Waals surface area contributed by atoms with Crippen LogP contribution in [0.5, 0.6) is 0 Å². The van der Waals surface area contributed by atoms with E-state index < -0.39 is 0 Å². The molecule has 0 saturated carbocycles. The Morgan fingerprint density at radius 1 is 1.06 bits per heavy atom. The van der Waals surface area contributed by atoms with Crippen LogP contribution >= 0.6 is 0 Å². The van der Waals surface area contributed by atoms with Crippen molar-refractivity contribution in [2.75, 3.05) is 0 Å². The van der Waals surface area contributed by atoms with E-state index >= 15 is 0 Å². The van der Waals surface area contributed by atoms with Crippen LogP contribution in [0.1, 0.15) is 58.6 Å². The van der Waals surface area contributed by atoms with Gasteiger partial charge in [-0.15, -0.1) is 0 Å². The van der Waals surface area contributed by atoms with Crippen LogP contribution in [0.3, 0.4) is 0 Å². The molecule has 0 radical (unpaired) electrons. The van der Waals surface area contributed by atoms with Crippen molar-refractivity contribution in [3.63, 3.8) is 0 Å². The van der Waals surface area contributed by atoms with Crippen LogP contribution in [0.25, 0.3) is 0 Å². The van der Waals surface area contributed by atoms with Crippen molar-refractivity contribution in [2.24, 2.45) is 5.92 Å². The number of hydrogen-bond acceptors (Lipinski definition) is 0. The fourth-order valence-electron chi connectivity index (χ4n) is 1.84. The SMILES string of the molecule is CCC(C)Cc1ccc(C(C)(C)CC)cc1. The van der Waals surface area contributed by atoms with Crippen molar-refractivity contribution in [3.05, 3.63) is 35.4 Å². The second-order valence-corrected chi connectivity index (χ2v) is 5.65. The van der Waals surface area contributed by atoms with Crippen molar-refractivity contribution < 1.29 is 0 Å². The highest BCUT2D eigenvalue weighted by atomic mass is 14.2. The first-order chi connectivity index (χ1) is 7.49. The third-order valence-electron chi connectivity index (χ3n) is 3.90. The van der Waals surface area contributed by atoms with E-state index in [1.807, 2.05) is 0 Å². The monoisotopic (exact) mass is 218 g/mol. The van der Waals surface area contributed by atoms with Gasteiger partial charge in [0.2, 0.25) is 0 Å². The van der Waals surface area contributed by atoms with Gasteiger partial charge in [0.25, 0.3) is 0 Å². The van der Waals surface area contributed by atoms with Crippen LogP contribution in [-0.2, 0) is 11.8 Å². The Morgan fingerprint density at radius 2 is 1.62 bits per heavy atom. The highest BCUT2D eigenvalue weighted by molar-refractivity contribution is 5.28. The second-order valence-electron chi connectivity index (χ2n) is 5.65. The molecule has 16 heavy (non-hydrogen) atoms. The molecule has 90 valence electrons. The molecule has 0 aromatic heterocycles. The largest absolute Gasteiger partial charge is 0.0651 e. The molecule has 1 aromatic carbocycles. The fourth-order valence-corrected chi connectivity index (χ4v) is 1.84. The number of benzene rings is 1. The van der Waals surface area contributed by atoms with Gasteiger partial charge < -0.3 is 0 Å². The van der Waals surface area contributed by atoms with Gasteiger partial charge in [-0.25, -0.2) is 0 Å². The minimum atomic E-state index is 0.314. The zero-order chi connectivity index (χ0) is 12.2. The molecule has 1 aromatic rings. The lowest BCUT2D eigenvalue weighted by atomic mass is 9.82. The zero-order valence-corrected chi connectivity index (χ0v) is 11.5. The Balaban J connectivity index is 2.75. The minimum absolute atomic E-state index is 0.314. The molecule has 0 heteroatoms. The first kappa shape index (κ1) is 13.3. The van der Waals surface area contributed by atoms with Gasteiger partial charge in [0, 0.05) is 0 Å². The predicted molar refractivity (Wildman–Crippen MR) is 72.9 cm³/mol. The lowest BCUT2D eigenvalue weighted by molar-refractivity contribution is 0.505. The van der Waals surface area contributed by atoms with E-state index in [0.717, 1.165) is 5.92 Å². The Bertz CT molecular complexity index is 305. The quantitative estimate of drug-likeness (QED) is 0.655. The maximum Gasteiger partial charge on any atom is -0.0106 e. The van der Waals surface area contributed by atoms with E-state index in [9.17, 15) is 0 Å². The van der Waals surface area contributed by atoms with E-state index in [1.54, 1.807) is 0 Å². The molecule has 1 atom stereocenters. The number of hydrogen-bond donors (Lipinski definition) is 0. The van der Waals surface area contributed by atoms with E-state index in [2.05, 4.69) is 58.9 Å². The molecule has 0 aliphatic carbocycles. The van der Waals surface area contributed by atoms with E-state index in [4.69, 9.17) is 0 Å². The summed E-state index contributed by atoms with van der Waals surface area (Å²) in [5.41, 5.74) is 3.25. The topological polar surface area (TPSA) is 0 Å². The minimum Gasteiger partial charge on any atom is -0.0651 e. The highest BCUT2D eigenvalue weighted by Gasteiger charge is 2.17. The van der Waals surface area contributed by atoms with E-state index in [1.165, 1.54) is 30.4 Å². The van der Waals surface area contributed by atoms with E-state index in [-0.39, 0.29) is 0 Å². The Labute approximate surface area is 101 Å². The van der Waals surface area contributed by atoms with Crippen LogP contribution in [-0.4, -0.2) is 0 Å². The van der Waals surface area contributed by atoms with Gasteiger partial charge in [-0.2, -0.15) is 0 Å². The van der Waals surface area contributed by atoms with Crippen molar-refractivity contribution in [1.29, 1.82) is 0 Å². The van der Waals surface area contributed by atoms with Crippen molar-refractivity contribution in [3.8, 4) is 0 Å². The van der Waals surface area contributed by atoms with Gasteiger partial charge in [-0.05, 0) is 35.3 Å². The molecule has 0 N–H and O–H groups in total. The fraction of sp³-hybridized carbons (Fsp3) is 0.625. The summed E-state index contributed by atoms with van der Waals surface area (Å²) in [6.07, 6.45) is 3.67. The lowest BCUT2D eigenvalue weighted by Crippen LogP contribution is -2.15. The summed E-state index contributed by atoms with van der Waals surface area (Å²) in [6.45, 7) is 11.5. The van der Waals surface area contributed by atoms with Gasteiger partial charge in [0.1, 0.15) is 0 Å². The number of rotatable bonds is 5. The summed E-state index contributed by atoms with van der Waals surface area (Å²) < 4.78 is 0. The van der Waals surface area contributed by atoms with Gasteiger partial charge in [0.05, 0.1) is 0 Å². The molecule has 0 fully saturated rings. The molecule has 1 rings (SSSR count). The normalized spacial score (nSPS) is 13.8. The van der Waals surface area contributed by atoms with Crippen LogP contribution in [0.15, 0.2) is 24.3 Å². The molecule has 0 heterocycles. The van der Waals surface area contributed by atoms with Crippen molar-refractivity contribution in [1.82, 2.24) is 0 Å². The first-order valence-electron chi connectivity index (χ1n) is 6.59. The van der Waals surface area contributed by atoms with Crippen LogP contribution in [0, 0.1) is 5.92 Å². The Morgan fingerprint density at radius 3 is 2.06 bits per heavy atom. The van der Waals surface area contributed by atoms with Gasteiger partial charge >= 0.3 is 0 Å². The molecule has 0 saturated heterocycles. The van der Waals surface area contributed by atoms with Crippen molar-refractivity contribution in [2.45, 2.75) is 59.3 Å². The maximum absolute atomic E-state index is 2.32. The summed E-state index contributed by atoms with van der Waals surface area (Å²) in [4.78, 5) is 0. The van der Waals surface area contributed by atoms with Crippen LogP contribution < -0.4 is 0 Å². The third kappa shape index (κ3) is 3.37. The second kappa shape index (κ2) is 5.52. The molecule has 1 unspecified atom stereocenters. The first-order valence-corrected chi connectivity index (χ1v) is 6.59. The average molecular weight is 218 g/mol. The Hall–Kier alpha value is -0.780. The maximum atomic E-state index is 2.32. The molecule has 0 nitrogen and oxygen atoms in total. The van der Waals surface area contributed by atoms with Gasteiger partial charge in [-0.3, -0.25) is 0 Å². The smallest absolute Gasteiger partial charge is 0.0106 e. The molecule has 0 bridgehead atoms.